The van der Waals surface area contributed by atoms with Crippen LogP contribution in [0.4, 0.5) is 0 Å². The summed E-state index contributed by atoms with van der Waals surface area (Å²) in [6.07, 6.45) is 8.11. The van der Waals surface area contributed by atoms with Crippen molar-refractivity contribution in [3.63, 3.8) is 0 Å². The zero-order chi connectivity index (χ0) is 20.4. The molecule has 3 rings (SSSR count). The van der Waals surface area contributed by atoms with Crippen molar-refractivity contribution in [3.05, 3.63) is 64.7 Å². The van der Waals surface area contributed by atoms with Gasteiger partial charge in [0.15, 0.2) is 0 Å². The Kier molecular flexibility index (Phi) is 5.98. The average Bonchev–Trinajstić information content (AvgIpc) is 2.67. The molecule has 0 unspecified atom stereocenters. The molecule has 150 valence electrons. The van der Waals surface area contributed by atoms with Gasteiger partial charge in [-0.2, -0.15) is 0 Å². The molecule has 2 nitrogen and oxygen atoms in total. The van der Waals surface area contributed by atoms with Gasteiger partial charge in [-0.1, -0.05) is 90.3 Å². The molecule has 0 atom stereocenters. The van der Waals surface area contributed by atoms with Crippen LogP contribution in [0.3, 0.4) is 0 Å². The lowest BCUT2D eigenvalue weighted by Gasteiger charge is -2.30. The van der Waals surface area contributed by atoms with Crippen LogP contribution in [0.2, 0.25) is 0 Å². The minimum absolute atomic E-state index is 0.139. The normalized spacial score (nSPS) is 16.6. The summed E-state index contributed by atoms with van der Waals surface area (Å²) in [4.78, 5) is 4.85. The highest BCUT2D eigenvalue weighted by Gasteiger charge is 2.28. The lowest BCUT2D eigenvalue weighted by Crippen LogP contribution is -2.21. The largest absolute Gasteiger partial charge is 0.507 e. The second-order valence-electron chi connectivity index (χ2n) is 9.77. The Balaban J connectivity index is 2.06. The number of hydrogen-bond donors (Lipinski definition) is 1. The third-order valence-electron chi connectivity index (χ3n) is 6.16. The van der Waals surface area contributed by atoms with Crippen LogP contribution in [0.1, 0.15) is 89.0 Å². The van der Waals surface area contributed by atoms with Gasteiger partial charge in [0.1, 0.15) is 5.75 Å². The lowest BCUT2D eigenvalue weighted by atomic mass is 9.74. The molecule has 1 fully saturated rings. The van der Waals surface area contributed by atoms with Gasteiger partial charge in [-0.25, -0.2) is 0 Å². The van der Waals surface area contributed by atoms with Crippen LogP contribution >= 0.6 is 0 Å². The monoisotopic (exact) mass is 377 g/mol. The van der Waals surface area contributed by atoms with E-state index in [1.807, 2.05) is 6.21 Å². The van der Waals surface area contributed by atoms with Crippen molar-refractivity contribution in [1.29, 1.82) is 0 Å². The van der Waals surface area contributed by atoms with E-state index in [-0.39, 0.29) is 10.8 Å². The van der Waals surface area contributed by atoms with E-state index in [4.69, 9.17) is 4.99 Å². The molecule has 1 saturated carbocycles. The number of benzene rings is 2. The van der Waals surface area contributed by atoms with Gasteiger partial charge in [0.05, 0.1) is 0 Å². The summed E-state index contributed by atoms with van der Waals surface area (Å²) in [6, 6.07) is 15.3. The highest BCUT2D eigenvalue weighted by Crippen LogP contribution is 2.39. The molecule has 0 heterocycles. The van der Waals surface area contributed by atoms with Crippen LogP contribution in [0.5, 0.6) is 5.75 Å². The molecule has 1 N–H and O–H groups in total. The van der Waals surface area contributed by atoms with E-state index in [9.17, 15) is 5.11 Å². The predicted octanol–water partition coefficient (Wildman–Crippen LogP) is 6.77. The molecule has 28 heavy (non-hydrogen) atoms. The Labute approximate surface area is 170 Å². The molecule has 0 amide bonds. The van der Waals surface area contributed by atoms with Crippen molar-refractivity contribution in [2.45, 2.75) is 83.6 Å². The van der Waals surface area contributed by atoms with Gasteiger partial charge in [-0.3, -0.25) is 4.99 Å². The van der Waals surface area contributed by atoms with E-state index < -0.39 is 0 Å². The number of phenols is 1. The molecule has 2 heteroatoms. The Morgan fingerprint density at radius 3 is 2.14 bits per heavy atom. The van der Waals surface area contributed by atoms with Crippen molar-refractivity contribution < 1.29 is 5.11 Å². The van der Waals surface area contributed by atoms with Crippen LogP contribution in [0.15, 0.2) is 47.5 Å². The van der Waals surface area contributed by atoms with Gasteiger partial charge in [0.2, 0.25) is 0 Å². The molecular formula is C26H35NO. The Bertz CT molecular complexity index is 822. The fourth-order valence-electron chi connectivity index (χ4n) is 4.13. The second-order valence-corrected chi connectivity index (χ2v) is 9.77. The quantitative estimate of drug-likeness (QED) is 0.586. The predicted molar refractivity (Wildman–Crippen MR) is 120 cm³/mol. The van der Waals surface area contributed by atoms with Crippen molar-refractivity contribution in [2.24, 2.45) is 4.99 Å². The van der Waals surface area contributed by atoms with Gasteiger partial charge in [-0.15, -0.1) is 0 Å². The van der Waals surface area contributed by atoms with Gasteiger partial charge >= 0.3 is 0 Å². The molecule has 1 aliphatic rings. The van der Waals surface area contributed by atoms with Gasteiger partial charge < -0.3 is 5.11 Å². The van der Waals surface area contributed by atoms with Gasteiger partial charge in [0, 0.05) is 28.8 Å². The topological polar surface area (TPSA) is 32.6 Å². The summed E-state index contributed by atoms with van der Waals surface area (Å²) in [5, 5.41) is 11.0. The standard InChI is InChI=1S/C26H35NO/c1-25(2,3)23-17-21(26(4,5)20-12-8-6-9-13-20)16-19(24(23)28)18-27-22-14-10-7-11-15-22/h6,8-9,12-13,16-18,22,28H,7,10-11,14-15H2,1-5H3. The Morgan fingerprint density at radius 1 is 0.893 bits per heavy atom. The number of aliphatic imine (C=N–C) groups is 1. The molecule has 2 aromatic carbocycles. The smallest absolute Gasteiger partial charge is 0.128 e. The molecule has 0 radical (unpaired) electrons. The van der Waals surface area contributed by atoms with E-state index in [2.05, 4.69) is 77.1 Å². The second kappa shape index (κ2) is 8.11. The first-order valence-electron chi connectivity index (χ1n) is 10.7. The highest BCUT2D eigenvalue weighted by molar-refractivity contribution is 5.85. The highest BCUT2D eigenvalue weighted by atomic mass is 16.3. The van der Waals surface area contributed by atoms with Crippen molar-refractivity contribution in [3.8, 4) is 5.75 Å². The van der Waals surface area contributed by atoms with E-state index in [0.29, 0.717) is 11.8 Å². The molecule has 0 aromatic heterocycles. The molecule has 0 bridgehead atoms. The number of hydrogen-bond acceptors (Lipinski definition) is 2. The van der Waals surface area contributed by atoms with Crippen LogP contribution in [0.25, 0.3) is 0 Å². The summed E-state index contributed by atoms with van der Waals surface area (Å²) in [6.45, 7) is 11.0. The summed E-state index contributed by atoms with van der Waals surface area (Å²) >= 11 is 0. The number of nitrogens with zero attached hydrogens (tertiary/aromatic N) is 1. The van der Waals surface area contributed by atoms with E-state index in [0.717, 1.165) is 11.1 Å². The van der Waals surface area contributed by atoms with Crippen LogP contribution < -0.4 is 0 Å². The minimum Gasteiger partial charge on any atom is -0.507 e. The van der Waals surface area contributed by atoms with Crippen molar-refractivity contribution in [2.75, 3.05) is 0 Å². The summed E-state index contributed by atoms with van der Waals surface area (Å²) in [5.74, 6) is 0.375. The van der Waals surface area contributed by atoms with Gasteiger partial charge in [0.25, 0.3) is 0 Å². The third kappa shape index (κ3) is 4.48. The minimum atomic E-state index is -0.150. The number of rotatable bonds is 4. The Morgan fingerprint density at radius 2 is 1.54 bits per heavy atom. The summed E-state index contributed by atoms with van der Waals surface area (Å²) < 4.78 is 0. The first kappa shape index (κ1) is 20.6. The maximum absolute atomic E-state index is 11.0. The van der Waals surface area contributed by atoms with Crippen LogP contribution in [0, 0.1) is 0 Å². The van der Waals surface area contributed by atoms with E-state index in [1.165, 1.54) is 43.2 Å². The SMILES string of the molecule is CC(C)(C)c1cc(C(C)(C)c2ccccc2)cc(C=NC2CCCCC2)c1O. The zero-order valence-corrected chi connectivity index (χ0v) is 18.1. The first-order valence-corrected chi connectivity index (χ1v) is 10.7. The fourth-order valence-corrected chi connectivity index (χ4v) is 4.13. The van der Waals surface area contributed by atoms with Gasteiger partial charge in [-0.05, 0) is 35.4 Å². The summed E-state index contributed by atoms with van der Waals surface area (Å²) in [7, 11) is 0. The fraction of sp³-hybridized carbons (Fsp3) is 0.500. The molecule has 1 aliphatic carbocycles. The third-order valence-corrected chi connectivity index (χ3v) is 6.16. The number of phenolic OH excluding ortho intramolecular Hbond substituents is 1. The average molecular weight is 378 g/mol. The maximum atomic E-state index is 11.0. The maximum Gasteiger partial charge on any atom is 0.128 e. The molecule has 2 aromatic rings. The lowest BCUT2D eigenvalue weighted by molar-refractivity contribution is 0.440. The summed E-state index contributed by atoms with van der Waals surface area (Å²) in [5.41, 5.74) is 4.03. The zero-order valence-electron chi connectivity index (χ0n) is 18.1. The van der Waals surface area contributed by atoms with Crippen LogP contribution in [-0.2, 0) is 10.8 Å². The van der Waals surface area contributed by atoms with Crippen molar-refractivity contribution in [1.82, 2.24) is 0 Å². The molecule has 0 spiro atoms. The Hall–Kier alpha value is -2.09. The van der Waals surface area contributed by atoms with Crippen molar-refractivity contribution >= 4 is 6.21 Å². The van der Waals surface area contributed by atoms with Crippen LogP contribution in [-0.4, -0.2) is 17.4 Å². The molecule has 0 saturated heterocycles. The van der Waals surface area contributed by atoms with E-state index >= 15 is 0 Å². The van der Waals surface area contributed by atoms with E-state index in [1.54, 1.807) is 0 Å². The first-order chi connectivity index (χ1) is 13.2. The molecule has 0 aliphatic heterocycles. The number of aromatic hydroxyl groups is 1. The molecular weight excluding hydrogens is 342 g/mol.